The number of carboxylic acid groups (broad SMARTS) is 1. The second kappa shape index (κ2) is 5.88. The molecule has 1 aliphatic heterocycles. The Morgan fingerprint density at radius 2 is 2.33 bits per heavy atom. The summed E-state index contributed by atoms with van der Waals surface area (Å²) in [5, 5.41) is 17.5. The zero-order valence-corrected chi connectivity index (χ0v) is 9.15. The topological polar surface area (TPSA) is 60.8 Å². The number of aliphatic hydroxyl groups excluding tert-OH is 1. The highest BCUT2D eigenvalue weighted by atomic mass is 16.4. The number of aliphatic hydroxyl groups is 1. The highest BCUT2D eigenvalue weighted by Crippen LogP contribution is 2.18. The molecule has 0 radical (unpaired) electrons. The molecule has 0 spiro atoms. The maximum absolute atomic E-state index is 10.6. The van der Waals surface area contributed by atoms with E-state index in [0.717, 1.165) is 25.9 Å². The molecule has 0 aromatic rings. The van der Waals surface area contributed by atoms with Gasteiger partial charge in [-0.1, -0.05) is 6.08 Å². The monoisotopic (exact) mass is 213 g/mol. The average molecular weight is 213 g/mol. The predicted molar refractivity (Wildman–Crippen MR) is 57.6 cm³/mol. The van der Waals surface area contributed by atoms with E-state index < -0.39 is 5.97 Å². The maximum atomic E-state index is 10.6. The van der Waals surface area contributed by atoms with Gasteiger partial charge in [0, 0.05) is 25.3 Å². The number of nitrogens with zero attached hydrogens (tertiary/aromatic N) is 1. The van der Waals surface area contributed by atoms with Crippen LogP contribution in [0.25, 0.3) is 0 Å². The lowest BCUT2D eigenvalue weighted by Gasteiger charge is -2.13. The quantitative estimate of drug-likeness (QED) is 0.661. The first-order chi connectivity index (χ1) is 7.13. The molecular weight excluding hydrogens is 194 g/mol. The summed E-state index contributed by atoms with van der Waals surface area (Å²) in [5.74, 6) is -0.269. The van der Waals surface area contributed by atoms with Gasteiger partial charge in [-0.15, -0.1) is 0 Å². The maximum Gasteiger partial charge on any atom is 0.330 e. The number of likely N-dealkylation sites (tertiary alicyclic amines) is 1. The van der Waals surface area contributed by atoms with Crippen LogP contribution in [0.15, 0.2) is 11.6 Å². The van der Waals surface area contributed by atoms with Crippen LogP contribution in [-0.2, 0) is 4.79 Å². The molecule has 0 aliphatic carbocycles. The number of hydrogen-bond acceptors (Lipinski definition) is 3. The Morgan fingerprint density at radius 1 is 1.60 bits per heavy atom. The number of carbonyl (C=O) groups is 1. The van der Waals surface area contributed by atoms with Gasteiger partial charge in [-0.05, 0) is 32.2 Å². The van der Waals surface area contributed by atoms with Gasteiger partial charge in [-0.3, -0.25) is 4.90 Å². The first-order valence-corrected chi connectivity index (χ1v) is 5.36. The van der Waals surface area contributed by atoms with Gasteiger partial charge in [0.1, 0.15) is 0 Å². The summed E-state index contributed by atoms with van der Waals surface area (Å²) >= 11 is 0. The van der Waals surface area contributed by atoms with Gasteiger partial charge in [0.05, 0.1) is 0 Å². The van der Waals surface area contributed by atoms with Crippen molar-refractivity contribution in [2.24, 2.45) is 5.92 Å². The van der Waals surface area contributed by atoms with Crippen LogP contribution < -0.4 is 0 Å². The molecule has 0 aromatic heterocycles. The third-order valence-electron chi connectivity index (χ3n) is 2.90. The highest BCUT2D eigenvalue weighted by Gasteiger charge is 2.20. The van der Waals surface area contributed by atoms with Crippen molar-refractivity contribution in [1.29, 1.82) is 0 Å². The lowest BCUT2D eigenvalue weighted by Crippen LogP contribution is -2.21. The summed E-state index contributed by atoms with van der Waals surface area (Å²) in [6, 6.07) is 0. The average Bonchev–Trinajstić information content (AvgIpc) is 2.62. The van der Waals surface area contributed by atoms with Crippen molar-refractivity contribution in [3.05, 3.63) is 11.6 Å². The molecule has 4 nitrogen and oxygen atoms in total. The number of hydrogen-bond donors (Lipinski definition) is 2. The first kappa shape index (κ1) is 12.2. The van der Waals surface area contributed by atoms with Crippen LogP contribution in [0.4, 0.5) is 0 Å². The summed E-state index contributed by atoms with van der Waals surface area (Å²) < 4.78 is 0. The summed E-state index contributed by atoms with van der Waals surface area (Å²) in [4.78, 5) is 12.8. The number of aliphatic carboxylic acids is 1. The molecule has 4 heteroatoms. The zero-order chi connectivity index (χ0) is 11.3. The summed E-state index contributed by atoms with van der Waals surface area (Å²) in [5.41, 5.74) is 0.403. The fourth-order valence-corrected chi connectivity index (χ4v) is 1.85. The number of rotatable bonds is 5. The Bertz CT molecular complexity index is 250. The van der Waals surface area contributed by atoms with E-state index in [9.17, 15) is 4.79 Å². The lowest BCUT2D eigenvalue weighted by atomic mass is 10.1. The molecule has 1 rings (SSSR count). The van der Waals surface area contributed by atoms with Gasteiger partial charge in [0.25, 0.3) is 0 Å². The minimum absolute atomic E-state index is 0.252. The standard InChI is InChI=1S/C11H19NO3/c1-9(11(14)15)2-5-12-6-3-10(8-12)4-7-13/h2,10,13H,3-8H2,1H3,(H,14,15). The van der Waals surface area contributed by atoms with Gasteiger partial charge in [0.15, 0.2) is 0 Å². The Kier molecular flexibility index (Phi) is 4.78. The summed E-state index contributed by atoms with van der Waals surface area (Å²) in [6.45, 7) is 4.56. The van der Waals surface area contributed by atoms with Gasteiger partial charge >= 0.3 is 5.97 Å². The molecule has 1 unspecified atom stereocenters. The zero-order valence-electron chi connectivity index (χ0n) is 9.15. The Labute approximate surface area is 90.2 Å². The van der Waals surface area contributed by atoms with E-state index in [1.54, 1.807) is 13.0 Å². The molecule has 1 atom stereocenters. The fraction of sp³-hybridized carbons (Fsp3) is 0.727. The molecular formula is C11H19NO3. The summed E-state index contributed by atoms with van der Waals surface area (Å²) in [6.07, 6.45) is 3.72. The molecule has 15 heavy (non-hydrogen) atoms. The van der Waals surface area contributed by atoms with Crippen LogP contribution in [0.1, 0.15) is 19.8 Å². The second-order valence-corrected chi connectivity index (χ2v) is 4.12. The number of carboxylic acids is 1. The van der Waals surface area contributed by atoms with Crippen molar-refractivity contribution in [2.45, 2.75) is 19.8 Å². The van der Waals surface area contributed by atoms with Crippen molar-refractivity contribution in [3.8, 4) is 0 Å². The lowest BCUT2D eigenvalue weighted by molar-refractivity contribution is -0.132. The van der Waals surface area contributed by atoms with Crippen LogP contribution in [-0.4, -0.2) is 47.3 Å². The smallest absolute Gasteiger partial charge is 0.330 e. The third-order valence-corrected chi connectivity index (χ3v) is 2.90. The van der Waals surface area contributed by atoms with E-state index in [4.69, 9.17) is 10.2 Å². The van der Waals surface area contributed by atoms with E-state index in [1.165, 1.54) is 0 Å². The van der Waals surface area contributed by atoms with Crippen molar-refractivity contribution >= 4 is 5.97 Å². The van der Waals surface area contributed by atoms with Crippen LogP contribution in [0.5, 0.6) is 0 Å². The van der Waals surface area contributed by atoms with Gasteiger partial charge in [-0.2, -0.15) is 0 Å². The van der Waals surface area contributed by atoms with Crippen molar-refractivity contribution in [2.75, 3.05) is 26.2 Å². The van der Waals surface area contributed by atoms with Gasteiger partial charge in [0.2, 0.25) is 0 Å². The molecule has 0 bridgehead atoms. The van der Waals surface area contributed by atoms with E-state index in [-0.39, 0.29) is 6.61 Å². The summed E-state index contributed by atoms with van der Waals surface area (Å²) in [7, 11) is 0. The Balaban J connectivity index is 2.30. The van der Waals surface area contributed by atoms with E-state index in [2.05, 4.69) is 4.90 Å². The minimum atomic E-state index is -0.846. The predicted octanol–water partition coefficient (Wildman–Crippen LogP) is 0.722. The molecule has 0 saturated carbocycles. The SMILES string of the molecule is CC(=CCN1CCC(CCO)C1)C(=O)O. The molecule has 1 aliphatic rings. The molecule has 1 saturated heterocycles. The normalized spacial score (nSPS) is 23.3. The second-order valence-electron chi connectivity index (χ2n) is 4.12. The Morgan fingerprint density at radius 3 is 2.93 bits per heavy atom. The van der Waals surface area contributed by atoms with Gasteiger partial charge < -0.3 is 10.2 Å². The molecule has 86 valence electrons. The van der Waals surface area contributed by atoms with Crippen LogP contribution in [0.3, 0.4) is 0 Å². The molecule has 0 aromatic carbocycles. The molecule has 0 amide bonds. The third kappa shape index (κ3) is 4.01. The molecule has 1 heterocycles. The van der Waals surface area contributed by atoms with E-state index in [1.807, 2.05) is 0 Å². The Hall–Kier alpha value is -0.870. The van der Waals surface area contributed by atoms with Gasteiger partial charge in [-0.25, -0.2) is 4.79 Å². The fourth-order valence-electron chi connectivity index (χ4n) is 1.85. The van der Waals surface area contributed by atoms with Crippen molar-refractivity contribution < 1.29 is 15.0 Å². The van der Waals surface area contributed by atoms with Crippen molar-refractivity contribution in [1.82, 2.24) is 4.90 Å². The largest absolute Gasteiger partial charge is 0.478 e. The van der Waals surface area contributed by atoms with E-state index >= 15 is 0 Å². The molecule has 2 N–H and O–H groups in total. The van der Waals surface area contributed by atoms with Crippen LogP contribution >= 0.6 is 0 Å². The minimum Gasteiger partial charge on any atom is -0.478 e. The van der Waals surface area contributed by atoms with Crippen molar-refractivity contribution in [3.63, 3.8) is 0 Å². The van der Waals surface area contributed by atoms with E-state index in [0.29, 0.717) is 18.0 Å². The first-order valence-electron chi connectivity index (χ1n) is 5.36. The molecule has 1 fully saturated rings. The van der Waals surface area contributed by atoms with Crippen LogP contribution in [0.2, 0.25) is 0 Å². The highest BCUT2D eigenvalue weighted by molar-refractivity contribution is 5.85. The van der Waals surface area contributed by atoms with Crippen LogP contribution in [0, 0.1) is 5.92 Å².